The van der Waals surface area contributed by atoms with Gasteiger partial charge in [-0.3, -0.25) is 13.9 Å². The lowest BCUT2D eigenvalue weighted by atomic mass is 10.1. The summed E-state index contributed by atoms with van der Waals surface area (Å²) in [4.78, 5) is 27.7. The van der Waals surface area contributed by atoms with Gasteiger partial charge in [0.25, 0.3) is 10.0 Å². The average molecular weight is 546 g/mol. The number of benzene rings is 3. The molecule has 0 aromatic heterocycles. The first-order valence-electron chi connectivity index (χ1n) is 11.8. The Morgan fingerprint density at radius 1 is 0.973 bits per heavy atom. The van der Waals surface area contributed by atoms with Crippen molar-refractivity contribution >= 4 is 39.1 Å². The van der Waals surface area contributed by atoms with Crippen molar-refractivity contribution in [1.82, 2.24) is 10.2 Å². The Morgan fingerprint density at radius 3 is 2.19 bits per heavy atom. The van der Waals surface area contributed by atoms with E-state index >= 15 is 0 Å². The number of carbonyl (C=O) groups is 2. The molecule has 10 heteroatoms. The fraction of sp³-hybridized carbons (Fsp3) is 0.259. The van der Waals surface area contributed by atoms with Crippen molar-refractivity contribution in [2.45, 2.75) is 37.8 Å². The quantitative estimate of drug-likeness (QED) is 0.381. The molecule has 196 valence electrons. The molecule has 0 saturated carbocycles. The fourth-order valence-corrected chi connectivity index (χ4v) is 5.16. The predicted octanol–water partition coefficient (Wildman–Crippen LogP) is 4.62. The number of para-hydroxylation sites is 1. The molecule has 0 radical (unpaired) electrons. The van der Waals surface area contributed by atoms with E-state index in [0.717, 1.165) is 4.31 Å². The highest BCUT2D eigenvalue weighted by molar-refractivity contribution is 7.92. The molecule has 7 nitrogen and oxygen atoms in total. The van der Waals surface area contributed by atoms with Crippen molar-refractivity contribution in [2.24, 2.45) is 0 Å². The molecule has 3 aromatic rings. The van der Waals surface area contributed by atoms with Gasteiger partial charge in [0.05, 0.1) is 10.6 Å². The number of hydrogen-bond acceptors (Lipinski definition) is 4. The number of nitrogens with zero attached hydrogens (tertiary/aromatic N) is 2. The van der Waals surface area contributed by atoms with E-state index in [1.807, 2.05) is 6.92 Å². The minimum Gasteiger partial charge on any atom is -0.354 e. The van der Waals surface area contributed by atoms with Crippen LogP contribution in [0.1, 0.15) is 25.8 Å². The van der Waals surface area contributed by atoms with Crippen molar-refractivity contribution in [1.29, 1.82) is 0 Å². The van der Waals surface area contributed by atoms with Gasteiger partial charge in [-0.05, 0) is 67.4 Å². The van der Waals surface area contributed by atoms with Crippen LogP contribution in [0.5, 0.6) is 0 Å². The second-order valence-electron chi connectivity index (χ2n) is 8.42. The van der Waals surface area contributed by atoms with Gasteiger partial charge >= 0.3 is 0 Å². The lowest BCUT2D eigenvalue weighted by Crippen LogP contribution is -2.51. The maximum atomic E-state index is 13.7. The number of carbonyl (C=O) groups excluding carboxylic acids is 2. The summed E-state index contributed by atoms with van der Waals surface area (Å²) in [5.74, 6) is -1.39. The van der Waals surface area contributed by atoms with Gasteiger partial charge in [0, 0.05) is 18.1 Å². The van der Waals surface area contributed by atoms with Gasteiger partial charge in [0.2, 0.25) is 11.8 Å². The van der Waals surface area contributed by atoms with E-state index in [2.05, 4.69) is 5.32 Å². The second kappa shape index (κ2) is 12.7. The van der Waals surface area contributed by atoms with Crippen molar-refractivity contribution in [3.05, 3.63) is 95.3 Å². The molecule has 0 aliphatic carbocycles. The monoisotopic (exact) mass is 545 g/mol. The van der Waals surface area contributed by atoms with E-state index in [0.29, 0.717) is 23.6 Å². The molecule has 0 spiro atoms. The molecule has 0 fully saturated rings. The van der Waals surface area contributed by atoms with Crippen LogP contribution in [-0.2, 0) is 26.2 Å². The molecule has 0 aliphatic heterocycles. The van der Waals surface area contributed by atoms with Crippen LogP contribution in [0.2, 0.25) is 5.02 Å². The zero-order valence-corrected chi connectivity index (χ0v) is 22.2. The highest BCUT2D eigenvalue weighted by atomic mass is 35.5. The molecule has 2 amide bonds. The molecule has 0 saturated heterocycles. The first-order valence-corrected chi connectivity index (χ1v) is 13.6. The normalized spacial score (nSPS) is 12.0. The van der Waals surface area contributed by atoms with Gasteiger partial charge < -0.3 is 10.2 Å². The van der Waals surface area contributed by atoms with Crippen LogP contribution >= 0.6 is 11.6 Å². The molecule has 37 heavy (non-hydrogen) atoms. The van der Waals surface area contributed by atoms with Crippen LogP contribution in [0.25, 0.3) is 0 Å². The summed E-state index contributed by atoms with van der Waals surface area (Å²) in [6.45, 7) is 3.35. The third kappa shape index (κ3) is 7.30. The Hall–Kier alpha value is -3.43. The van der Waals surface area contributed by atoms with Gasteiger partial charge in [0.1, 0.15) is 18.4 Å². The molecule has 0 unspecified atom stereocenters. The number of nitrogens with one attached hydrogen (secondary N) is 1. The van der Waals surface area contributed by atoms with E-state index in [4.69, 9.17) is 11.6 Å². The Bertz CT molecular complexity index is 1300. The maximum Gasteiger partial charge on any atom is 0.264 e. The molecule has 0 bridgehead atoms. The van der Waals surface area contributed by atoms with Crippen LogP contribution in [0, 0.1) is 5.82 Å². The lowest BCUT2D eigenvalue weighted by molar-refractivity contribution is -0.139. The van der Waals surface area contributed by atoms with Gasteiger partial charge in [-0.25, -0.2) is 12.8 Å². The average Bonchev–Trinajstić information content (AvgIpc) is 2.90. The van der Waals surface area contributed by atoms with Crippen molar-refractivity contribution in [3.63, 3.8) is 0 Å². The summed E-state index contributed by atoms with van der Waals surface area (Å²) in [5.41, 5.74) is 0.882. The first kappa shape index (κ1) is 28.1. The minimum atomic E-state index is -4.16. The zero-order chi connectivity index (χ0) is 27.0. The number of halogens is 2. The van der Waals surface area contributed by atoms with Crippen LogP contribution in [0.15, 0.2) is 83.8 Å². The molecule has 0 heterocycles. The number of anilines is 1. The summed E-state index contributed by atoms with van der Waals surface area (Å²) < 4.78 is 41.7. The molecule has 1 atom stereocenters. The first-order chi connectivity index (χ1) is 17.6. The summed E-state index contributed by atoms with van der Waals surface area (Å²) in [6, 6.07) is 18.6. The Morgan fingerprint density at radius 2 is 1.59 bits per heavy atom. The topological polar surface area (TPSA) is 86.8 Å². The van der Waals surface area contributed by atoms with Gasteiger partial charge in [-0.2, -0.15) is 0 Å². The lowest BCUT2D eigenvalue weighted by Gasteiger charge is -2.32. The SMILES string of the molecule is CCCNC(=O)[C@@H](C)N(Cc1ccc(F)cc1)C(=O)CN(c1ccccc1)S(=O)(=O)c1ccc(Cl)cc1. The van der Waals surface area contributed by atoms with Crippen LogP contribution in [0.3, 0.4) is 0 Å². The summed E-state index contributed by atoms with van der Waals surface area (Å²) >= 11 is 5.94. The second-order valence-corrected chi connectivity index (χ2v) is 10.7. The van der Waals surface area contributed by atoms with E-state index < -0.39 is 34.3 Å². The number of hydrogen-bond donors (Lipinski definition) is 1. The molecular formula is C27H29ClFN3O4S. The third-order valence-corrected chi connectivity index (χ3v) is 7.75. The largest absolute Gasteiger partial charge is 0.354 e. The summed E-state index contributed by atoms with van der Waals surface area (Å²) in [5, 5.41) is 3.15. The fourth-order valence-electron chi connectivity index (χ4n) is 3.62. The van der Waals surface area contributed by atoms with E-state index in [1.165, 1.54) is 53.4 Å². The molecule has 1 N–H and O–H groups in total. The Labute approximate surface area is 221 Å². The minimum absolute atomic E-state index is 0.0105. The van der Waals surface area contributed by atoms with Gasteiger partial charge in [0.15, 0.2) is 0 Å². The van der Waals surface area contributed by atoms with E-state index in [9.17, 15) is 22.4 Å². The van der Waals surface area contributed by atoms with Gasteiger partial charge in [-0.15, -0.1) is 0 Å². The molecule has 3 rings (SSSR count). The highest BCUT2D eigenvalue weighted by Gasteiger charge is 2.32. The number of rotatable bonds is 11. The van der Waals surface area contributed by atoms with Crippen molar-refractivity contribution in [3.8, 4) is 0 Å². The van der Waals surface area contributed by atoms with Crippen molar-refractivity contribution in [2.75, 3.05) is 17.4 Å². The Balaban J connectivity index is 1.98. The van der Waals surface area contributed by atoms with E-state index in [1.54, 1.807) is 37.3 Å². The molecule has 0 aliphatic rings. The van der Waals surface area contributed by atoms with Crippen LogP contribution in [-0.4, -0.2) is 44.3 Å². The highest BCUT2D eigenvalue weighted by Crippen LogP contribution is 2.25. The standard InChI is InChI=1S/C27H29ClFN3O4S/c1-3-17-30-27(34)20(2)31(18-21-9-13-23(29)14-10-21)26(33)19-32(24-7-5-4-6-8-24)37(35,36)25-15-11-22(28)12-16-25/h4-16,20H,3,17-19H2,1-2H3,(H,30,34)/t20-/m1/s1. The van der Waals surface area contributed by atoms with Crippen LogP contribution < -0.4 is 9.62 Å². The number of amides is 2. The third-order valence-electron chi connectivity index (χ3n) is 5.71. The summed E-state index contributed by atoms with van der Waals surface area (Å²) in [7, 11) is -4.16. The van der Waals surface area contributed by atoms with Gasteiger partial charge in [-0.1, -0.05) is 48.9 Å². The van der Waals surface area contributed by atoms with Crippen molar-refractivity contribution < 1.29 is 22.4 Å². The number of sulfonamides is 1. The maximum absolute atomic E-state index is 13.7. The predicted molar refractivity (Wildman–Crippen MR) is 142 cm³/mol. The van der Waals surface area contributed by atoms with Crippen LogP contribution in [0.4, 0.5) is 10.1 Å². The zero-order valence-electron chi connectivity index (χ0n) is 20.6. The molecule has 3 aromatic carbocycles. The summed E-state index contributed by atoms with van der Waals surface area (Å²) in [6.07, 6.45) is 0.714. The Kier molecular flexibility index (Phi) is 9.66. The smallest absolute Gasteiger partial charge is 0.264 e. The molecular weight excluding hydrogens is 517 g/mol. The van der Waals surface area contributed by atoms with E-state index in [-0.39, 0.29) is 23.0 Å².